The summed E-state index contributed by atoms with van der Waals surface area (Å²) in [6.45, 7) is 11.6. The van der Waals surface area contributed by atoms with Gasteiger partial charge >= 0.3 is 0 Å². The number of aromatic nitrogens is 4. The van der Waals surface area contributed by atoms with Crippen LogP contribution in [0.15, 0.2) is 84.8 Å². The number of rotatable bonds is 22. The molecule has 0 spiro atoms. The summed E-state index contributed by atoms with van der Waals surface area (Å²) >= 11 is 1.57. The third-order valence-corrected chi connectivity index (χ3v) is 12.4. The van der Waals surface area contributed by atoms with Crippen LogP contribution in [0.4, 0.5) is 5.69 Å². The maximum absolute atomic E-state index is 14.0. The van der Waals surface area contributed by atoms with E-state index in [2.05, 4.69) is 25.6 Å². The first-order valence-corrected chi connectivity index (χ1v) is 23.3. The molecule has 4 aromatic heterocycles. The summed E-state index contributed by atoms with van der Waals surface area (Å²) in [5.74, 6) is -0.0600. The van der Waals surface area contributed by atoms with Crippen LogP contribution in [-0.4, -0.2) is 131 Å². The number of hydrogen-bond acceptors (Lipinski definition) is 14. The number of nitrogen functional groups attached to an aromatic ring is 1. The summed E-state index contributed by atoms with van der Waals surface area (Å²) < 4.78 is 30.1. The lowest BCUT2D eigenvalue weighted by atomic mass is 9.85. The SMILES string of the molecule is Cc1ncsc1-c1ccc([C@H](C)NC(=O)[C@@H]2C[C@@H](O)CN2C(=O)[C@@H](NC(=O)COCCOCCOCCOCCOc2cc3ccn(-c4cc5c(N)cccc5cn4)c3cn2)C(C)(C)C)cc1. The number of amides is 3. The molecule has 0 saturated carbocycles. The average Bonchev–Trinajstić information content (AvgIpc) is 4.05. The van der Waals surface area contributed by atoms with E-state index < -0.39 is 35.4 Å². The predicted molar refractivity (Wildman–Crippen MR) is 256 cm³/mol. The van der Waals surface area contributed by atoms with Gasteiger partial charge in [-0.2, -0.15) is 0 Å². The maximum atomic E-state index is 14.0. The monoisotopic (exact) mass is 936 g/mol. The van der Waals surface area contributed by atoms with Crippen LogP contribution in [0, 0.1) is 12.3 Å². The lowest BCUT2D eigenvalue weighted by Crippen LogP contribution is -2.58. The predicted octanol–water partition coefficient (Wildman–Crippen LogP) is 5.40. The molecule has 5 heterocycles. The summed E-state index contributed by atoms with van der Waals surface area (Å²) in [7, 11) is 0. The fourth-order valence-electron chi connectivity index (χ4n) is 7.85. The molecule has 18 heteroatoms. The number of nitrogens with two attached hydrogens (primary N) is 1. The average molecular weight is 937 g/mol. The van der Waals surface area contributed by atoms with Crippen molar-refractivity contribution in [2.75, 3.05) is 71.7 Å². The van der Waals surface area contributed by atoms with Gasteiger partial charge in [0.15, 0.2) is 0 Å². The Morgan fingerprint density at radius 2 is 1.57 bits per heavy atom. The fraction of sp³-hybridized carbons (Fsp3) is 0.429. The minimum atomic E-state index is -0.970. The first-order chi connectivity index (χ1) is 32.3. The van der Waals surface area contributed by atoms with Crippen molar-refractivity contribution in [3.8, 4) is 22.1 Å². The van der Waals surface area contributed by atoms with Gasteiger partial charge in [0.1, 0.15) is 31.1 Å². The molecular weight excluding hydrogens is 877 g/mol. The number of β-amino-alcohol motifs (C(OH)–C–C–N with tert-alkyl or cyclic N) is 1. The molecule has 1 saturated heterocycles. The van der Waals surface area contributed by atoms with Gasteiger partial charge in [-0.3, -0.25) is 19.0 Å². The minimum absolute atomic E-state index is 0.0210. The molecule has 356 valence electrons. The molecule has 1 aliphatic heterocycles. The molecule has 6 aromatic rings. The highest BCUT2D eigenvalue weighted by Gasteiger charge is 2.44. The molecule has 67 heavy (non-hydrogen) atoms. The molecule has 4 atom stereocenters. The zero-order chi connectivity index (χ0) is 47.5. The highest BCUT2D eigenvalue weighted by atomic mass is 32.1. The van der Waals surface area contributed by atoms with E-state index in [9.17, 15) is 19.5 Å². The van der Waals surface area contributed by atoms with Gasteiger partial charge in [-0.05, 0) is 48.6 Å². The van der Waals surface area contributed by atoms with E-state index in [0.717, 1.165) is 49.2 Å². The number of nitrogens with one attached hydrogen (secondary N) is 2. The molecular formula is C49H60N8O9S. The number of carbonyl (C=O) groups is 3. The molecule has 0 bridgehead atoms. The van der Waals surface area contributed by atoms with Crippen molar-refractivity contribution < 1.29 is 43.2 Å². The Labute approximate surface area is 393 Å². The quantitative estimate of drug-likeness (QED) is 0.0496. The standard InChI is InChI=1S/C49H60N8O9S/c1-31(33-9-11-34(12-10-33)45-32(2)53-30-67-45)54-47(60)40-24-37(58)28-57(40)48(61)46(49(3,4)5)55-43(59)29-65-20-19-63-16-15-62-17-18-64-21-22-66-44-23-35-13-14-56(41(35)27-52-44)42-25-38-36(26-51-42)7-6-8-39(38)50/h6-14,23,25-27,30-31,37,40,46,58H,15-22,24,28-29,50H2,1-5H3,(H,54,60)(H,55,59)/t31-,37+,40-,46+/m0/s1. The van der Waals surface area contributed by atoms with Crippen molar-refractivity contribution in [2.24, 2.45) is 5.41 Å². The van der Waals surface area contributed by atoms with E-state index in [0.29, 0.717) is 51.2 Å². The number of ether oxygens (including phenoxy) is 5. The number of fused-ring (bicyclic) bond motifs is 2. The third kappa shape index (κ3) is 12.7. The molecule has 17 nitrogen and oxygen atoms in total. The Kier molecular flexibility index (Phi) is 16.5. The molecule has 1 aliphatic rings. The second kappa shape index (κ2) is 22.6. The van der Waals surface area contributed by atoms with Gasteiger partial charge in [0.2, 0.25) is 23.6 Å². The van der Waals surface area contributed by atoms with Crippen molar-refractivity contribution in [3.05, 3.63) is 96.0 Å². The van der Waals surface area contributed by atoms with Crippen LogP contribution in [0.2, 0.25) is 0 Å². The topological polar surface area (TPSA) is 215 Å². The number of aliphatic hydroxyl groups is 1. The molecule has 5 N–H and O–H groups in total. The normalized spacial score (nSPS) is 16.1. The maximum Gasteiger partial charge on any atom is 0.246 e. The first-order valence-electron chi connectivity index (χ1n) is 22.4. The van der Waals surface area contributed by atoms with Crippen LogP contribution in [0.25, 0.3) is 37.9 Å². The summed E-state index contributed by atoms with van der Waals surface area (Å²) in [5.41, 5.74) is 11.8. The number of carbonyl (C=O) groups excluding carboxylic acids is 3. The van der Waals surface area contributed by atoms with Crippen molar-refractivity contribution in [3.63, 3.8) is 0 Å². The number of thiazole rings is 1. The van der Waals surface area contributed by atoms with Gasteiger partial charge in [0.05, 0.1) is 86.2 Å². The summed E-state index contributed by atoms with van der Waals surface area (Å²) in [5, 5.41) is 19.3. The lowest BCUT2D eigenvalue weighted by Gasteiger charge is -2.35. The summed E-state index contributed by atoms with van der Waals surface area (Å²) in [6, 6.07) is 17.3. The highest BCUT2D eigenvalue weighted by Crippen LogP contribution is 2.30. The van der Waals surface area contributed by atoms with Crippen molar-refractivity contribution in [1.82, 2.24) is 35.1 Å². The Morgan fingerprint density at radius 3 is 2.25 bits per heavy atom. The van der Waals surface area contributed by atoms with Gasteiger partial charge < -0.3 is 50.1 Å². The van der Waals surface area contributed by atoms with E-state index in [4.69, 9.17) is 29.4 Å². The second-order valence-corrected chi connectivity index (χ2v) is 18.4. The van der Waals surface area contributed by atoms with Crippen LogP contribution in [0.5, 0.6) is 5.88 Å². The lowest BCUT2D eigenvalue weighted by molar-refractivity contribution is -0.144. The van der Waals surface area contributed by atoms with Crippen molar-refractivity contribution in [1.29, 1.82) is 0 Å². The van der Waals surface area contributed by atoms with Crippen LogP contribution in [0.3, 0.4) is 0 Å². The Bertz CT molecular complexity index is 2610. The molecule has 0 unspecified atom stereocenters. The Hall–Kier alpha value is -6.02. The number of aryl methyl sites for hydroxylation is 1. The zero-order valence-electron chi connectivity index (χ0n) is 38.6. The Morgan fingerprint density at radius 1 is 0.866 bits per heavy atom. The smallest absolute Gasteiger partial charge is 0.246 e. The number of aliphatic hydroxyl groups excluding tert-OH is 1. The number of benzene rings is 2. The van der Waals surface area contributed by atoms with Crippen molar-refractivity contribution in [2.45, 2.75) is 65.3 Å². The van der Waals surface area contributed by atoms with Gasteiger partial charge in [0, 0.05) is 53.3 Å². The first kappa shape index (κ1) is 48.9. The fourth-order valence-corrected chi connectivity index (χ4v) is 8.67. The van der Waals surface area contributed by atoms with Gasteiger partial charge in [-0.1, -0.05) is 57.2 Å². The summed E-state index contributed by atoms with van der Waals surface area (Å²) in [4.78, 5) is 56.4. The number of hydrogen-bond donors (Lipinski definition) is 4. The van der Waals surface area contributed by atoms with Crippen molar-refractivity contribution >= 4 is 56.4 Å². The second-order valence-electron chi connectivity index (χ2n) is 17.5. The van der Waals surface area contributed by atoms with Crippen LogP contribution >= 0.6 is 11.3 Å². The van der Waals surface area contributed by atoms with Crippen LogP contribution < -0.4 is 21.1 Å². The number of nitrogens with zero attached hydrogens (tertiary/aromatic N) is 5. The van der Waals surface area contributed by atoms with E-state index in [1.165, 1.54) is 4.90 Å². The largest absolute Gasteiger partial charge is 0.475 e. The van der Waals surface area contributed by atoms with E-state index in [1.807, 2.05) is 118 Å². The highest BCUT2D eigenvalue weighted by molar-refractivity contribution is 7.13. The van der Waals surface area contributed by atoms with Gasteiger partial charge in [-0.25, -0.2) is 15.0 Å². The Balaban J connectivity index is 0.741. The third-order valence-electron chi connectivity index (χ3n) is 11.5. The molecule has 3 amide bonds. The molecule has 0 radical (unpaired) electrons. The van der Waals surface area contributed by atoms with Crippen LogP contribution in [-0.2, 0) is 33.3 Å². The van der Waals surface area contributed by atoms with E-state index in [-0.39, 0.29) is 44.7 Å². The molecule has 0 aliphatic carbocycles. The number of anilines is 1. The summed E-state index contributed by atoms with van der Waals surface area (Å²) in [6.07, 6.45) is 4.73. The van der Waals surface area contributed by atoms with Gasteiger partial charge in [-0.15, -0.1) is 11.3 Å². The number of likely N-dealkylation sites (tertiary alicyclic amines) is 1. The molecule has 2 aromatic carbocycles. The van der Waals surface area contributed by atoms with E-state index in [1.54, 1.807) is 17.5 Å². The van der Waals surface area contributed by atoms with E-state index >= 15 is 0 Å². The molecule has 1 fully saturated rings. The molecule has 7 rings (SSSR count). The minimum Gasteiger partial charge on any atom is -0.475 e. The zero-order valence-corrected chi connectivity index (χ0v) is 39.4. The van der Waals surface area contributed by atoms with Gasteiger partial charge in [0.25, 0.3) is 0 Å². The number of pyridine rings is 2. The van der Waals surface area contributed by atoms with Crippen LogP contribution in [0.1, 0.15) is 51.4 Å².